The molecule has 2 rings (SSSR count). The maximum absolute atomic E-state index is 3.88. The number of hydrogen-bond acceptors (Lipinski definition) is 2. The van der Waals surface area contributed by atoms with Gasteiger partial charge >= 0.3 is 0 Å². The Morgan fingerprint density at radius 3 is 2.53 bits per heavy atom. The summed E-state index contributed by atoms with van der Waals surface area (Å²) in [6, 6.07) is 12.3. The van der Waals surface area contributed by atoms with Crippen molar-refractivity contribution in [2.45, 2.75) is 13.1 Å². The number of nitrogens with one attached hydrogen (secondary N) is 2. The van der Waals surface area contributed by atoms with Gasteiger partial charge in [-0.05, 0) is 11.6 Å². The Hall–Kier alpha value is -1.32. The monoisotopic (exact) mass is 223 g/mol. The van der Waals surface area contributed by atoms with E-state index in [4.69, 9.17) is 0 Å². The Bertz CT molecular complexity index is 359. The van der Waals surface area contributed by atoms with Gasteiger partial charge in [0.2, 0.25) is 0 Å². The molecule has 0 atom stereocenters. The van der Waals surface area contributed by atoms with E-state index in [1.807, 2.05) is 24.3 Å². The van der Waals surface area contributed by atoms with Crippen LogP contribution in [0.25, 0.3) is 0 Å². The van der Waals surface area contributed by atoms with Gasteiger partial charge in [-0.3, -0.25) is 5.10 Å². The van der Waals surface area contributed by atoms with E-state index in [2.05, 4.69) is 27.6 Å². The minimum atomic E-state index is 0. The van der Waals surface area contributed by atoms with Crippen molar-refractivity contribution in [1.82, 2.24) is 15.5 Å². The fraction of sp³-hybridized carbons (Fsp3) is 0.182. The van der Waals surface area contributed by atoms with E-state index in [9.17, 15) is 0 Å². The molecule has 0 bridgehead atoms. The van der Waals surface area contributed by atoms with Crippen LogP contribution in [0.5, 0.6) is 0 Å². The standard InChI is InChI=1S/C11H13N3.ClH/c1-2-4-10(5-3-1)8-12-9-11-6-7-13-14-11;/h1-7,12H,8-9H2,(H,13,14);1H. The molecule has 0 saturated heterocycles. The number of hydrogen-bond donors (Lipinski definition) is 2. The normalized spacial score (nSPS) is 9.60. The first kappa shape index (κ1) is 11.8. The summed E-state index contributed by atoms with van der Waals surface area (Å²) in [6.07, 6.45) is 1.76. The molecule has 1 heterocycles. The van der Waals surface area contributed by atoms with Crippen LogP contribution in [0.4, 0.5) is 0 Å². The molecule has 1 aromatic heterocycles. The van der Waals surface area contributed by atoms with Crippen LogP contribution in [0.1, 0.15) is 11.3 Å². The second-order valence-corrected chi connectivity index (χ2v) is 3.17. The lowest BCUT2D eigenvalue weighted by Gasteiger charge is -2.02. The van der Waals surface area contributed by atoms with Crippen molar-refractivity contribution in [2.24, 2.45) is 0 Å². The fourth-order valence-corrected chi connectivity index (χ4v) is 1.32. The van der Waals surface area contributed by atoms with E-state index in [0.29, 0.717) is 0 Å². The first-order valence-electron chi connectivity index (χ1n) is 4.68. The molecule has 0 aliphatic rings. The maximum atomic E-state index is 3.88. The zero-order valence-corrected chi connectivity index (χ0v) is 9.13. The molecule has 0 spiro atoms. The van der Waals surface area contributed by atoms with E-state index in [1.54, 1.807) is 6.20 Å². The number of nitrogens with zero attached hydrogens (tertiary/aromatic N) is 1. The molecule has 2 aromatic rings. The smallest absolute Gasteiger partial charge is 0.0490 e. The van der Waals surface area contributed by atoms with Crippen molar-refractivity contribution in [3.8, 4) is 0 Å². The number of H-pyrrole nitrogens is 1. The van der Waals surface area contributed by atoms with Crippen molar-refractivity contribution >= 4 is 12.4 Å². The quantitative estimate of drug-likeness (QED) is 0.834. The van der Waals surface area contributed by atoms with Crippen molar-refractivity contribution in [2.75, 3.05) is 0 Å². The second kappa shape index (κ2) is 6.22. The highest BCUT2D eigenvalue weighted by molar-refractivity contribution is 5.85. The van der Waals surface area contributed by atoms with E-state index in [0.717, 1.165) is 18.8 Å². The molecule has 0 unspecified atom stereocenters. The molecule has 0 saturated carbocycles. The highest BCUT2D eigenvalue weighted by atomic mass is 35.5. The van der Waals surface area contributed by atoms with Gasteiger partial charge in [-0.15, -0.1) is 12.4 Å². The molecule has 15 heavy (non-hydrogen) atoms. The molecular weight excluding hydrogens is 210 g/mol. The summed E-state index contributed by atoms with van der Waals surface area (Å²) in [5, 5.41) is 10.1. The first-order valence-corrected chi connectivity index (χ1v) is 4.68. The van der Waals surface area contributed by atoms with Crippen molar-refractivity contribution < 1.29 is 0 Å². The molecule has 1 aromatic carbocycles. The zero-order chi connectivity index (χ0) is 9.64. The lowest BCUT2D eigenvalue weighted by atomic mass is 10.2. The summed E-state index contributed by atoms with van der Waals surface area (Å²) in [4.78, 5) is 0. The van der Waals surface area contributed by atoms with Gasteiger partial charge in [0.1, 0.15) is 0 Å². The molecule has 0 aliphatic heterocycles. The highest BCUT2D eigenvalue weighted by Gasteiger charge is 1.93. The molecule has 3 nitrogen and oxygen atoms in total. The predicted molar refractivity (Wildman–Crippen MR) is 62.8 cm³/mol. The van der Waals surface area contributed by atoms with E-state index >= 15 is 0 Å². The number of rotatable bonds is 4. The number of aromatic nitrogens is 2. The Morgan fingerprint density at radius 2 is 1.87 bits per heavy atom. The molecule has 2 N–H and O–H groups in total. The van der Waals surface area contributed by atoms with E-state index in [1.165, 1.54) is 5.56 Å². The SMILES string of the molecule is Cl.c1ccc(CNCc2ccn[nH]2)cc1. The van der Waals surface area contributed by atoms with Gasteiger partial charge in [0, 0.05) is 25.0 Å². The summed E-state index contributed by atoms with van der Waals surface area (Å²) in [5.74, 6) is 0. The van der Waals surface area contributed by atoms with Crippen LogP contribution in [0.3, 0.4) is 0 Å². The average molecular weight is 224 g/mol. The van der Waals surface area contributed by atoms with Crippen molar-refractivity contribution in [1.29, 1.82) is 0 Å². The highest BCUT2D eigenvalue weighted by Crippen LogP contribution is 1.98. The van der Waals surface area contributed by atoms with Crippen LogP contribution < -0.4 is 5.32 Å². The van der Waals surface area contributed by atoms with Gasteiger partial charge in [0.25, 0.3) is 0 Å². The molecule has 0 radical (unpaired) electrons. The molecule has 0 fully saturated rings. The Balaban J connectivity index is 0.00000112. The third-order valence-corrected chi connectivity index (χ3v) is 2.05. The van der Waals surface area contributed by atoms with Crippen LogP contribution in [0, 0.1) is 0 Å². The van der Waals surface area contributed by atoms with Gasteiger partial charge in [-0.2, -0.15) is 5.10 Å². The van der Waals surface area contributed by atoms with Crippen LogP contribution in [-0.2, 0) is 13.1 Å². The van der Waals surface area contributed by atoms with Gasteiger partial charge in [0.15, 0.2) is 0 Å². The maximum Gasteiger partial charge on any atom is 0.0490 e. The summed E-state index contributed by atoms with van der Waals surface area (Å²) in [5.41, 5.74) is 2.41. The van der Waals surface area contributed by atoms with E-state index in [-0.39, 0.29) is 12.4 Å². The lowest BCUT2D eigenvalue weighted by Crippen LogP contribution is -2.12. The van der Waals surface area contributed by atoms with Crippen LogP contribution in [0.2, 0.25) is 0 Å². The second-order valence-electron chi connectivity index (χ2n) is 3.17. The molecule has 0 aliphatic carbocycles. The van der Waals surface area contributed by atoms with Crippen molar-refractivity contribution in [3.05, 3.63) is 53.9 Å². The van der Waals surface area contributed by atoms with Crippen molar-refractivity contribution in [3.63, 3.8) is 0 Å². The summed E-state index contributed by atoms with van der Waals surface area (Å²) < 4.78 is 0. The number of halogens is 1. The third-order valence-electron chi connectivity index (χ3n) is 2.05. The predicted octanol–water partition coefficient (Wildman–Crippen LogP) is 2.12. The summed E-state index contributed by atoms with van der Waals surface area (Å²) in [6.45, 7) is 1.72. The Morgan fingerprint density at radius 1 is 1.07 bits per heavy atom. The fourth-order valence-electron chi connectivity index (χ4n) is 1.32. The van der Waals surface area contributed by atoms with Gasteiger partial charge < -0.3 is 5.32 Å². The third kappa shape index (κ3) is 3.73. The van der Waals surface area contributed by atoms with E-state index < -0.39 is 0 Å². The van der Waals surface area contributed by atoms with Crippen LogP contribution in [0.15, 0.2) is 42.6 Å². The summed E-state index contributed by atoms with van der Waals surface area (Å²) in [7, 11) is 0. The minimum Gasteiger partial charge on any atom is -0.307 e. The average Bonchev–Trinajstić information content (AvgIpc) is 2.72. The lowest BCUT2D eigenvalue weighted by molar-refractivity contribution is 0.677. The molecule has 80 valence electrons. The topological polar surface area (TPSA) is 40.7 Å². The van der Waals surface area contributed by atoms with Crippen LogP contribution in [-0.4, -0.2) is 10.2 Å². The first-order chi connectivity index (χ1) is 6.95. The van der Waals surface area contributed by atoms with Gasteiger partial charge in [0.05, 0.1) is 0 Å². The molecule has 4 heteroatoms. The number of benzene rings is 1. The van der Waals surface area contributed by atoms with Crippen LogP contribution >= 0.6 is 12.4 Å². The van der Waals surface area contributed by atoms with Gasteiger partial charge in [-0.25, -0.2) is 0 Å². The zero-order valence-electron chi connectivity index (χ0n) is 8.31. The Kier molecular flexibility index (Phi) is 4.87. The molecule has 0 amide bonds. The van der Waals surface area contributed by atoms with Gasteiger partial charge in [-0.1, -0.05) is 30.3 Å². The Labute approximate surface area is 95.3 Å². The number of aromatic amines is 1. The largest absolute Gasteiger partial charge is 0.307 e. The summed E-state index contributed by atoms with van der Waals surface area (Å²) >= 11 is 0. The minimum absolute atomic E-state index is 0. The molecular formula is C11H14ClN3.